The van der Waals surface area contributed by atoms with Gasteiger partial charge in [-0.1, -0.05) is 0 Å². The molecule has 2 unspecified atom stereocenters. The Morgan fingerprint density at radius 3 is 2.69 bits per heavy atom. The second-order valence-electron chi connectivity index (χ2n) is 4.54. The average Bonchev–Trinajstić information content (AvgIpc) is 2.21. The van der Waals surface area contributed by atoms with Crippen LogP contribution in [-0.2, 0) is 14.3 Å². The van der Waals surface area contributed by atoms with Crippen molar-refractivity contribution in [3.8, 4) is 0 Å². The van der Waals surface area contributed by atoms with Crippen LogP contribution < -0.4 is 0 Å². The first-order valence-electron chi connectivity index (χ1n) is 5.53. The molecule has 0 radical (unpaired) electrons. The van der Waals surface area contributed by atoms with Gasteiger partial charge in [-0.2, -0.15) is 0 Å². The van der Waals surface area contributed by atoms with Crippen LogP contribution in [0.4, 0.5) is 0 Å². The first kappa shape index (κ1) is 13.4. The van der Waals surface area contributed by atoms with Crippen molar-refractivity contribution in [3.05, 3.63) is 0 Å². The molecule has 0 aromatic carbocycles. The number of likely N-dealkylation sites (tertiary alicyclic amines) is 1. The lowest BCUT2D eigenvalue weighted by Crippen LogP contribution is -2.57. The Bertz CT molecular complexity index is 242. The molecule has 5 nitrogen and oxygen atoms in total. The lowest BCUT2D eigenvalue weighted by Gasteiger charge is -2.42. The summed E-state index contributed by atoms with van der Waals surface area (Å²) in [6.07, 6.45) is 1.38. The summed E-state index contributed by atoms with van der Waals surface area (Å²) in [6, 6.07) is -0.181. The van der Waals surface area contributed by atoms with Crippen LogP contribution in [0.25, 0.3) is 0 Å². The Kier molecular flexibility index (Phi) is 4.70. The van der Waals surface area contributed by atoms with Gasteiger partial charge in [0.05, 0.1) is 12.7 Å². The van der Waals surface area contributed by atoms with Gasteiger partial charge in [0.15, 0.2) is 0 Å². The summed E-state index contributed by atoms with van der Waals surface area (Å²) in [5, 5.41) is 10.1. The van der Waals surface area contributed by atoms with Crippen molar-refractivity contribution in [3.63, 3.8) is 0 Å². The number of esters is 1. The quantitative estimate of drug-likeness (QED) is 0.653. The second kappa shape index (κ2) is 5.61. The van der Waals surface area contributed by atoms with Crippen molar-refractivity contribution in [2.24, 2.45) is 0 Å². The zero-order valence-corrected chi connectivity index (χ0v) is 10.2. The van der Waals surface area contributed by atoms with Gasteiger partial charge in [-0.3, -0.25) is 9.69 Å². The Labute approximate surface area is 96.3 Å². The van der Waals surface area contributed by atoms with Crippen molar-refractivity contribution in [1.82, 2.24) is 4.90 Å². The van der Waals surface area contributed by atoms with E-state index in [1.165, 1.54) is 7.11 Å². The van der Waals surface area contributed by atoms with Gasteiger partial charge < -0.3 is 14.6 Å². The van der Waals surface area contributed by atoms with Gasteiger partial charge in [0.1, 0.15) is 6.04 Å². The summed E-state index contributed by atoms with van der Waals surface area (Å²) in [4.78, 5) is 13.3. The van der Waals surface area contributed by atoms with Crippen molar-refractivity contribution in [2.45, 2.75) is 31.4 Å². The zero-order chi connectivity index (χ0) is 12.2. The number of hydrogen-bond donors (Lipinski definition) is 1. The highest BCUT2D eigenvalue weighted by Crippen LogP contribution is 2.23. The molecular formula is C11H21NO4. The van der Waals surface area contributed by atoms with Gasteiger partial charge in [0.25, 0.3) is 0 Å². The number of hydrogen-bond acceptors (Lipinski definition) is 5. The van der Waals surface area contributed by atoms with Gasteiger partial charge in [-0.15, -0.1) is 0 Å². The number of carbonyl (C=O) groups excluding carboxylic acids is 1. The number of aliphatic hydroxyl groups is 1. The van der Waals surface area contributed by atoms with Crippen LogP contribution in [0, 0.1) is 0 Å². The van der Waals surface area contributed by atoms with E-state index in [1.54, 1.807) is 14.0 Å². The minimum Gasteiger partial charge on any atom is -0.468 e. The van der Waals surface area contributed by atoms with E-state index < -0.39 is 5.60 Å². The largest absolute Gasteiger partial charge is 0.468 e. The van der Waals surface area contributed by atoms with E-state index in [1.807, 2.05) is 4.90 Å². The van der Waals surface area contributed by atoms with Gasteiger partial charge >= 0.3 is 5.97 Å². The van der Waals surface area contributed by atoms with E-state index >= 15 is 0 Å². The molecule has 0 saturated carbocycles. The minimum atomic E-state index is -0.817. The number of β-amino-alcohol motifs (C(OH)–C–C–N with tert-alkyl or cyclic N) is 1. The third-order valence-electron chi connectivity index (χ3n) is 2.99. The molecule has 0 amide bonds. The van der Waals surface area contributed by atoms with Crippen LogP contribution in [0.1, 0.15) is 19.8 Å². The van der Waals surface area contributed by atoms with Gasteiger partial charge in [0.2, 0.25) is 0 Å². The number of rotatable bonds is 6. The van der Waals surface area contributed by atoms with Crippen LogP contribution in [0.15, 0.2) is 0 Å². The van der Waals surface area contributed by atoms with E-state index in [0.717, 1.165) is 13.0 Å². The summed E-state index contributed by atoms with van der Waals surface area (Å²) in [6.45, 7) is 3.60. The first-order valence-corrected chi connectivity index (χ1v) is 5.53. The molecule has 16 heavy (non-hydrogen) atoms. The Balaban J connectivity index is 2.39. The molecule has 0 spiro atoms. The summed E-state index contributed by atoms with van der Waals surface area (Å²) in [5.74, 6) is -0.214. The predicted molar refractivity (Wildman–Crippen MR) is 59.1 cm³/mol. The molecule has 0 bridgehead atoms. The molecule has 5 heteroatoms. The summed E-state index contributed by atoms with van der Waals surface area (Å²) >= 11 is 0. The van der Waals surface area contributed by atoms with Crippen LogP contribution >= 0.6 is 0 Å². The summed E-state index contributed by atoms with van der Waals surface area (Å²) in [5.41, 5.74) is -0.817. The van der Waals surface area contributed by atoms with Gasteiger partial charge in [-0.05, 0) is 13.3 Å². The topological polar surface area (TPSA) is 59.0 Å². The van der Waals surface area contributed by atoms with Crippen LogP contribution in [0.5, 0.6) is 0 Å². The molecule has 1 fully saturated rings. The molecule has 2 atom stereocenters. The van der Waals surface area contributed by atoms with Crippen LogP contribution in [-0.4, -0.2) is 61.5 Å². The molecule has 1 N–H and O–H groups in total. The predicted octanol–water partition coefficient (Wildman–Crippen LogP) is 0.0212. The number of carbonyl (C=O) groups is 1. The highest BCUT2D eigenvalue weighted by atomic mass is 16.5. The zero-order valence-electron chi connectivity index (χ0n) is 10.2. The van der Waals surface area contributed by atoms with Crippen molar-refractivity contribution < 1.29 is 19.4 Å². The van der Waals surface area contributed by atoms with E-state index in [4.69, 9.17) is 9.47 Å². The van der Waals surface area contributed by atoms with Crippen molar-refractivity contribution >= 4 is 5.97 Å². The fraction of sp³-hybridized carbons (Fsp3) is 0.909. The van der Waals surface area contributed by atoms with Crippen molar-refractivity contribution in [1.29, 1.82) is 0 Å². The maximum atomic E-state index is 11.3. The summed E-state index contributed by atoms with van der Waals surface area (Å²) < 4.78 is 9.63. The molecule has 0 aromatic heterocycles. The fourth-order valence-electron chi connectivity index (χ4n) is 1.87. The summed E-state index contributed by atoms with van der Waals surface area (Å²) in [7, 11) is 3.00. The van der Waals surface area contributed by atoms with Gasteiger partial charge in [-0.25, -0.2) is 0 Å². The Morgan fingerprint density at radius 2 is 2.25 bits per heavy atom. The lowest BCUT2D eigenvalue weighted by atomic mass is 9.96. The Morgan fingerprint density at radius 1 is 1.56 bits per heavy atom. The molecule has 1 aliphatic heterocycles. The monoisotopic (exact) mass is 231 g/mol. The normalized spacial score (nSPS) is 24.6. The molecule has 0 aromatic rings. The maximum Gasteiger partial charge on any atom is 0.323 e. The van der Waals surface area contributed by atoms with E-state index in [-0.39, 0.29) is 12.0 Å². The first-order chi connectivity index (χ1) is 7.50. The third kappa shape index (κ3) is 3.43. The highest BCUT2D eigenvalue weighted by Gasteiger charge is 2.38. The standard InChI is InChI=1S/C11H21NO4/c1-11(14,5-7-15-2)8-12-6-4-9(12)10(13)16-3/h9,14H,4-8H2,1-3H3. The molecule has 0 aliphatic carbocycles. The number of methoxy groups -OCH3 is 2. The average molecular weight is 231 g/mol. The van der Waals surface area contributed by atoms with Crippen LogP contribution in [0.2, 0.25) is 0 Å². The Hall–Kier alpha value is -0.650. The highest BCUT2D eigenvalue weighted by molar-refractivity contribution is 5.76. The second-order valence-corrected chi connectivity index (χ2v) is 4.54. The third-order valence-corrected chi connectivity index (χ3v) is 2.99. The molecular weight excluding hydrogens is 210 g/mol. The smallest absolute Gasteiger partial charge is 0.323 e. The lowest BCUT2D eigenvalue weighted by molar-refractivity contribution is -0.154. The molecule has 94 valence electrons. The molecule has 1 heterocycles. The molecule has 1 saturated heterocycles. The van der Waals surface area contributed by atoms with Crippen LogP contribution in [0.3, 0.4) is 0 Å². The number of nitrogens with zero attached hydrogens (tertiary/aromatic N) is 1. The number of ether oxygens (including phenoxy) is 2. The SMILES string of the molecule is COCCC(C)(O)CN1CCC1C(=O)OC. The van der Waals surface area contributed by atoms with E-state index in [9.17, 15) is 9.90 Å². The van der Waals surface area contributed by atoms with E-state index in [0.29, 0.717) is 19.6 Å². The van der Waals surface area contributed by atoms with Gasteiger partial charge in [0, 0.05) is 33.2 Å². The molecule has 1 aliphatic rings. The van der Waals surface area contributed by atoms with E-state index in [2.05, 4.69) is 0 Å². The van der Waals surface area contributed by atoms with Crippen molar-refractivity contribution in [2.75, 3.05) is 33.9 Å². The fourth-order valence-corrected chi connectivity index (χ4v) is 1.87. The maximum absolute atomic E-state index is 11.3. The minimum absolute atomic E-state index is 0.181. The molecule has 1 rings (SSSR count).